The van der Waals surface area contributed by atoms with Crippen LogP contribution < -0.4 is 4.74 Å². The van der Waals surface area contributed by atoms with Crippen molar-refractivity contribution in [2.75, 3.05) is 7.11 Å². The Morgan fingerprint density at radius 3 is 2.47 bits per heavy atom. The molecule has 0 aliphatic rings. The minimum absolute atomic E-state index is 0.0663. The van der Waals surface area contributed by atoms with E-state index in [9.17, 15) is 10.1 Å². The zero-order chi connectivity index (χ0) is 12.3. The van der Waals surface area contributed by atoms with Crippen LogP contribution in [0.15, 0.2) is 42.5 Å². The number of pyridine rings is 1. The summed E-state index contributed by atoms with van der Waals surface area (Å²) in [6.45, 7) is 0. The van der Waals surface area contributed by atoms with Gasteiger partial charge in [-0.25, -0.2) is 4.98 Å². The molecule has 1 aromatic heterocycles. The number of nitrogens with zero attached hydrogens (tertiary/aromatic N) is 2. The molecule has 1 heterocycles. The van der Waals surface area contributed by atoms with Gasteiger partial charge in [0.15, 0.2) is 0 Å². The summed E-state index contributed by atoms with van der Waals surface area (Å²) in [7, 11) is 1.54. The number of hydrogen-bond acceptors (Lipinski definition) is 4. The molecule has 2 rings (SSSR count). The molecular formula is C12H10N2O3. The van der Waals surface area contributed by atoms with E-state index in [-0.39, 0.29) is 5.69 Å². The van der Waals surface area contributed by atoms with Gasteiger partial charge in [0, 0.05) is 23.8 Å². The van der Waals surface area contributed by atoms with Crippen molar-refractivity contribution in [3.63, 3.8) is 0 Å². The Labute approximate surface area is 97.8 Å². The third kappa shape index (κ3) is 2.39. The summed E-state index contributed by atoms with van der Waals surface area (Å²) in [6, 6.07) is 11.6. The molecule has 0 fully saturated rings. The van der Waals surface area contributed by atoms with Crippen molar-refractivity contribution < 1.29 is 9.66 Å². The molecule has 0 radical (unpaired) electrons. The zero-order valence-corrected chi connectivity index (χ0v) is 9.16. The quantitative estimate of drug-likeness (QED) is 0.600. The van der Waals surface area contributed by atoms with Gasteiger partial charge in [-0.2, -0.15) is 0 Å². The maximum absolute atomic E-state index is 10.5. The Kier molecular flexibility index (Phi) is 3.00. The smallest absolute Gasteiger partial charge is 0.269 e. The molecule has 0 saturated heterocycles. The molecule has 0 unspecified atom stereocenters. The first kappa shape index (κ1) is 11.1. The van der Waals surface area contributed by atoms with Crippen molar-refractivity contribution >= 4 is 5.69 Å². The molecule has 17 heavy (non-hydrogen) atoms. The highest BCUT2D eigenvalue weighted by Crippen LogP contribution is 2.22. The Morgan fingerprint density at radius 1 is 1.18 bits per heavy atom. The number of hydrogen-bond donors (Lipinski definition) is 0. The van der Waals surface area contributed by atoms with Crippen LogP contribution in [-0.2, 0) is 0 Å². The monoisotopic (exact) mass is 230 g/mol. The number of benzene rings is 1. The minimum Gasteiger partial charge on any atom is -0.481 e. The summed E-state index contributed by atoms with van der Waals surface area (Å²) in [5.74, 6) is 0.515. The fourth-order valence-corrected chi connectivity index (χ4v) is 1.44. The fraction of sp³-hybridized carbons (Fsp3) is 0.0833. The van der Waals surface area contributed by atoms with Crippen LogP contribution in [0, 0.1) is 10.1 Å². The summed E-state index contributed by atoms with van der Waals surface area (Å²) in [6.07, 6.45) is 0. The topological polar surface area (TPSA) is 65.3 Å². The maximum atomic E-state index is 10.5. The van der Waals surface area contributed by atoms with Gasteiger partial charge >= 0.3 is 0 Å². The third-order valence-corrected chi connectivity index (χ3v) is 2.31. The molecule has 1 aromatic carbocycles. The molecule has 0 spiro atoms. The average Bonchev–Trinajstić information content (AvgIpc) is 2.39. The second-order valence-electron chi connectivity index (χ2n) is 3.37. The van der Waals surface area contributed by atoms with E-state index in [4.69, 9.17) is 4.74 Å². The first-order chi connectivity index (χ1) is 8.20. The average molecular weight is 230 g/mol. The van der Waals surface area contributed by atoms with E-state index in [0.29, 0.717) is 5.88 Å². The lowest BCUT2D eigenvalue weighted by atomic mass is 10.1. The predicted octanol–water partition coefficient (Wildman–Crippen LogP) is 2.67. The van der Waals surface area contributed by atoms with Gasteiger partial charge in [-0.1, -0.05) is 6.07 Å². The highest BCUT2D eigenvalue weighted by Gasteiger charge is 2.06. The number of methoxy groups -OCH3 is 1. The largest absolute Gasteiger partial charge is 0.481 e. The number of ether oxygens (including phenoxy) is 1. The molecule has 0 N–H and O–H groups in total. The highest BCUT2D eigenvalue weighted by molar-refractivity contribution is 5.61. The highest BCUT2D eigenvalue weighted by atomic mass is 16.6. The van der Waals surface area contributed by atoms with E-state index in [1.807, 2.05) is 12.1 Å². The number of non-ortho nitro benzene ring substituents is 1. The number of rotatable bonds is 3. The second-order valence-corrected chi connectivity index (χ2v) is 3.37. The van der Waals surface area contributed by atoms with Gasteiger partial charge in [0.25, 0.3) is 5.69 Å². The van der Waals surface area contributed by atoms with E-state index in [0.717, 1.165) is 11.3 Å². The standard InChI is InChI=1S/C12H10N2O3/c1-17-12-4-2-3-11(13-12)9-5-7-10(8-6-9)14(15)16/h2-8H,1H3. The summed E-state index contributed by atoms with van der Waals surface area (Å²) in [5.41, 5.74) is 1.60. The molecule has 0 amide bonds. The van der Waals surface area contributed by atoms with Crippen LogP contribution in [0.2, 0.25) is 0 Å². The first-order valence-electron chi connectivity index (χ1n) is 4.96. The van der Waals surface area contributed by atoms with Gasteiger partial charge in [0.05, 0.1) is 17.7 Å². The van der Waals surface area contributed by atoms with Gasteiger partial charge in [0.2, 0.25) is 5.88 Å². The lowest BCUT2D eigenvalue weighted by molar-refractivity contribution is -0.384. The fourth-order valence-electron chi connectivity index (χ4n) is 1.44. The van der Waals surface area contributed by atoms with Gasteiger partial charge in [-0.15, -0.1) is 0 Å². The summed E-state index contributed by atoms with van der Waals surface area (Å²) >= 11 is 0. The SMILES string of the molecule is COc1cccc(-c2ccc([N+](=O)[O-])cc2)n1. The van der Waals surface area contributed by atoms with Crippen LogP contribution in [0.25, 0.3) is 11.3 Å². The van der Waals surface area contributed by atoms with E-state index in [1.165, 1.54) is 12.1 Å². The zero-order valence-electron chi connectivity index (χ0n) is 9.16. The van der Waals surface area contributed by atoms with Crippen LogP contribution in [-0.4, -0.2) is 17.0 Å². The maximum Gasteiger partial charge on any atom is 0.269 e. The molecule has 2 aromatic rings. The molecule has 5 nitrogen and oxygen atoms in total. The molecule has 86 valence electrons. The van der Waals surface area contributed by atoms with Crippen molar-refractivity contribution in [3.8, 4) is 17.1 Å². The molecule has 0 aliphatic heterocycles. The third-order valence-electron chi connectivity index (χ3n) is 2.31. The van der Waals surface area contributed by atoms with E-state index in [1.54, 1.807) is 25.3 Å². The van der Waals surface area contributed by atoms with E-state index in [2.05, 4.69) is 4.98 Å². The van der Waals surface area contributed by atoms with Crippen molar-refractivity contribution in [2.24, 2.45) is 0 Å². The summed E-state index contributed by atoms with van der Waals surface area (Å²) in [5, 5.41) is 10.5. The normalized spacial score (nSPS) is 9.94. The van der Waals surface area contributed by atoms with Crippen LogP contribution >= 0.6 is 0 Å². The minimum atomic E-state index is -0.428. The Morgan fingerprint density at radius 2 is 1.88 bits per heavy atom. The Bertz CT molecular complexity index is 538. The van der Waals surface area contributed by atoms with E-state index >= 15 is 0 Å². The molecule has 0 aliphatic carbocycles. The Balaban J connectivity index is 2.36. The van der Waals surface area contributed by atoms with Gasteiger partial charge in [0.1, 0.15) is 0 Å². The van der Waals surface area contributed by atoms with Crippen LogP contribution in [0.3, 0.4) is 0 Å². The van der Waals surface area contributed by atoms with Crippen LogP contribution in [0.1, 0.15) is 0 Å². The van der Waals surface area contributed by atoms with Crippen LogP contribution in [0.5, 0.6) is 5.88 Å². The molecule has 0 saturated carbocycles. The Hall–Kier alpha value is -2.43. The van der Waals surface area contributed by atoms with Gasteiger partial charge in [-0.05, 0) is 18.2 Å². The van der Waals surface area contributed by atoms with Crippen molar-refractivity contribution in [2.45, 2.75) is 0 Å². The van der Waals surface area contributed by atoms with Crippen molar-refractivity contribution in [3.05, 3.63) is 52.6 Å². The first-order valence-corrected chi connectivity index (χ1v) is 4.96. The lowest BCUT2D eigenvalue weighted by Crippen LogP contribution is -1.90. The molecule has 0 bridgehead atoms. The van der Waals surface area contributed by atoms with E-state index < -0.39 is 4.92 Å². The number of nitro benzene ring substituents is 1. The molecule has 5 heteroatoms. The second kappa shape index (κ2) is 4.61. The van der Waals surface area contributed by atoms with Crippen LogP contribution in [0.4, 0.5) is 5.69 Å². The summed E-state index contributed by atoms with van der Waals surface area (Å²) < 4.78 is 5.02. The van der Waals surface area contributed by atoms with Gasteiger partial charge in [-0.3, -0.25) is 10.1 Å². The predicted molar refractivity (Wildman–Crippen MR) is 62.9 cm³/mol. The van der Waals surface area contributed by atoms with Crippen molar-refractivity contribution in [1.82, 2.24) is 4.98 Å². The number of aromatic nitrogens is 1. The number of nitro groups is 1. The molecular weight excluding hydrogens is 220 g/mol. The molecule has 0 atom stereocenters. The van der Waals surface area contributed by atoms with Gasteiger partial charge < -0.3 is 4.74 Å². The lowest BCUT2D eigenvalue weighted by Gasteiger charge is -2.03. The summed E-state index contributed by atoms with van der Waals surface area (Å²) in [4.78, 5) is 14.3. The van der Waals surface area contributed by atoms with Crippen molar-refractivity contribution in [1.29, 1.82) is 0 Å².